The molecule has 4 aromatic rings. The summed E-state index contributed by atoms with van der Waals surface area (Å²) in [6.45, 7) is 4.20. The Morgan fingerprint density at radius 1 is 0.879 bits per heavy atom. The van der Waals surface area contributed by atoms with Crippen molar-refractivity contribution in [3.05, 3.63) is 90.0 Å². The van der Waals surface area contributed by atoms with Gasteiger partial charge in [-0.25, -0.2) is 4.79 Å². The van der Waals surface area contributed by atoms with Gasteiger partial charge in [-0.3, -0.25) is 4.79 Å². The molecule has 3 aromatic carbocycles. The third-order valence-corrected chi connectivity index (χ3v) is 5.47. The van der Waals surface area contributed by atoms with Gasteiger partial charge in [0.25, 0.3) is 5.91 Å². The third-order valence-electron chi connectivity index (χ3n) is 5.47. The summed E-state index contributed by atoms with van der Waals surface area (Å²) in [7, 11) is 1.99. The number of fused-ring (bicyclic) bond motifs is 1. The molecule has 1 aromatic heterocycles. The van der Waals surface area contributed by atoms with Crippen LogP contribution in [0.25, 0.3) is 22.2 Å². The van der Waals surface area contributed by atoms with Crippen molar-refractivity contribution < 1.29 is 9.59 Å². The van der Waals surface area contributed by atoms with Gasteiger partial charge in [0.2, 0.25) is 0 Å². The zero-order chi connectivity index (χ0) is 23.4. The molecule has 33 heavy (non-hydrogen) atoms. The molecular weight excluding hydrogens is 412 g/mol. The number of aromatic nitrogens is 1. The van der Waals surface area contributed by atoms with Crippen molar-refractivity contribution in [3.63, 3.8) is 0 Å². The number of nitrogens with zero attached hydrogens (tertiary/aromatic N) is 1. The molecule has 0 unspecified atom stereocenters. The summed E-state index contributed by atoms with van der Waals surface area (Å²) in [4.78, 5) is 25.2. The molecule has 0 saturated heterocycles. The smallest absolute Gasteiger partial charge is 0.319 e. The van der Waals surface area contributed by atoms with Gasteiger partial charge in [-0.1, -0.05) is 60.7 Å². The third kappa shape index (κ3) is 4.90. The highest BCUT2D eigenvalue weighted by Crippen LogP contribution is 2.33. The van der Waals surface area contributed by atoms with E-state index in [0.29, 0.717) is 17.8 Å². The molecule has 168 valence electrons. The van der Waals surface area contributed by atoms with E-state index in [1.807, 2.05) is 99.8 Å². The second-order valence-electron chi connectivity index (χ2n) is 8.30. The standard InChI is InChI=1S/C27H28N4O2/c1-18(2)29-27(33)30-21-15-13-19(14-16-21)17-28-26(32)24-22-11-7-8-12-23(22)31(3)25(24)20-9-5-4-6-10-20/h4-16,18H,17H2,1-3H3,(H,28,32)(H2,29,30,33). The number of carbonyl (C=O) groups is 2. The van der Waals surface area contributed by atoms with Crippen LogP contribution in [-0.4, -0.2) is 22.5 Å². The van der Waals surface area contributed by atoms with Gasteiger partial charge in [-0.2, -0.15) is 0 Å². The first-order chi connectivity index (χ1) is 15.9. The molecule has 0 spiro atoms. The van der Waals surface area contributed by atoms with Gasteiger partial charge in [0.1, 0.15) is 0 Å². The summed E-state index contributed by atoms with van der Waals surface area (Å²) in [5, 5.41) is 9.58. The average molecular weight is 441 g/mol. The molecule has 0 bridgehead atoms. The van der Waals surface area contributed by atoms with Crippen LogP contribution >= 0.6 is 0 Å². The molecule has 6 nitrogen and oxygen atoms in total. The fraction of sp³-hybridized carbons (Fsp3) is 0.185. The van der Waals surface area contributed by atoms with Crippen molar-refractivity contribution >= 4 is 28.5 Å². The van der Waals surface area contributed by atoms with E-state index in [1.165, 1.54) is 0 Å². The van der Waals surface area contributed by atoms with Crippen molar-refractivity contribution in [3.8, 4) is 11.3 Å². The lowest BCUT2D eigenvalue weighted by Gasteiger charge is -2.11. The molecule has 4 rings (SSSR count). The molecule has 0 fully saturated rings. The minimum absolute atomic E-state index is 0.0642. The fourth-order valence-corrected chi connectivity index (χ4v) is 3.96. The van der Waals surface area contributed by atoms with Crippen LogP contribution < -0.4 is 16.0 Å². The maximum atomic E-state index is 13.4. The Labute approximate surface area is 193 Å². The number of nitrogens with one attached hydrogen (secondary N) is 3. The van der Waals surface area contributed by atoms with Crippen molar-refractivity contribution in [1.82, 2.24) is 15.2 Å². The number of rotatable bonds is 6. The number of hydrogen-bond acceptors (Lipinski definition) is 2. The fourth-order valence-electron chi connectivity index (χ4n) is 3.96. The van der Waals surface area contributed by atoms with Crippen molar-refractivity contribution in [2.24, 2.45) is 7.05 Å². The van der Waals surface area contributed by atoms with Crippen molar-refractivity contribution in [1.29, 1.82) is 0 Å². The maximum absolute atomic E-state index is 13.4. The first-order valence-electron chi connectivity index (χ1n) is 11.0. The van der Waals surface area contributed by atoms with E-state index in [4.69, 9.17) is 0 Å². The second kappa shape index (κ2) is 9.61. The predicted octanol–water partition coefficient (Wildman–Crippen LogP) is 5.31. The first kappa shape index (κ1) is 22.1. The van der Waals surface area contributed by atoms with Crippen LogP contribution in [0.2, 0.25) is 0 Å². The SMILES string of the molecule is CC(C)NC(=O)Nc1ccc(CNC(=O)c2c(-c3ccccc3)n(C)c3ccccc23)cc1. The zero-order valence-corrected chi connectivity index (χ0v) is 19.1. The van der Waals surface area contributed by atoms with Crippen LogP contribution in [0.15, 0.2) is 78.9 Å². The van der Waals surface area contributed by atoms with Gasteiger partial charge in [0.05, 0.1) is 11.3 Å². The lowest BCUT2D eigenvalue weighted by molar-refractivity contribution is 0.0953. The highest BCUT2D eigenvalue weighted by atomic mass is 16.2. The molecule has 0 atom stereocenters. The lowest BCUT2D eigenvalue weighted by Crippen LogP contribution is -2.34. The van der Waals surface area contributed by atoms with Crippen LogP contribution in [0, 0.1) is 0 Å². The summed E-state index contributed by atoms with van der Waals surface area (Å²) in [6.07, 6.45) is 0. The summed E-state index contributed by atoms with van der Waals surface area (Å²) < 4.78 is 2.07. The van der Waals surface area contributed by atoms with E-state index in [0.717, 1.165) is 27.7 Å². The van der Waals surface area contributed by atoms with Crippen LogP contribution in [0.4, 0.5) is 10.5 Å². The van der Waals surface area contributed by atoms with Gasteiger partial charge < -0.3 is 20.5 Å². The Morgan fingerprint density at radius 2 is 1.55 bits per heavy atom. The number of aryl methyl sites for hydroxylation is 1. The van der Waals surface area contributed by atoms with Crippen molar-refractivity contribution in [2.45, 2.75) is 26.4 Å². The number of anilines is 1. The zero-order valence-electron chi connectivity index (χ0n) is 19.1. The predicted molar refractivity (Wildman–Crippen MR) is 133 cm³/mol. The van der Waals surface area contributed by atoms with E-state index in [-0.39, 0.29) is 18.0 Å². The largest absolute Gasteiger partial charge is 0.348 e. The quantitative estimate of drug-likeness (QED) is 0.380. The second-order valence-corrected chi connectivity index (χ2v) is 8.30. The summed E-state index contributed by atoms with van der Waals surface area (Å²) in [5.41, 5.74) is 5.21. The summed E-state index contributed by atoms with van der Waals surface area (Å²) in [6, 6.07) is 25.2. The van der Waals surface area contributed by atoms with Crippen LogP contribution in [0.3, 0.4) is 0 Å². The number of benzene rings is 3. The Balaban J connectivity index is 1.54. The van der Waals surface area contributed by atoms with Gasteiger partial charge in [-0.05, 0) is 43.2 Å². The topological polar surface area (TPSA) is 75.2 Å². The number of urea groups is 1. The molecule has 0 radical (unpaired) electrons. The van der Waals surface area contributed by atoms with Gasteiger partial charge >= 0.3 is 6.03 Å². The minimum atomic E-state index is -0.240. The van der Waals surface area contributed by atoms with E-state index in [1.54, 1.807) is 0 Å². The molecular formula is C27H28N4O2. The average Bonchev–Trinajstić information content (AvgIpc) is 3.11. The number of para-hydroxylation sites is 1. The van der Waals surface area contributed by atoms with Crippen LogP contribution in [-0.2, 0) is 13.6 Å². The van der Waals surface area contributed by atoms with Crippen LogP contribution in [0.1, 0.15) is 29.8 Å². The molecule has 1 heterocycles. The molecule has 3 amide bonds. The normalized spacial score (nSPS) is 10.9. The minimum Gasteiger partial charge on any atom is -0.348 e. The Morgan fingerprint density at radius 3 is 2.24 bits per heavy atom. The molecule has 3 N–H and O–H groups in total. The van der Waals surface area contributed by atoms with Gasteiger partial charge in [0, 0.05) is 36.2 Å². The Hall–Kier alpha value is -4.06. The van der Waals surface area contributed by atoms with E-state index in [9.17, 15) is 9.59 Å². The Kier molecular flexibility index (Phi) is 6.45. The number of hydrogen-bond donors (Lipinski definition) is 3. The summed E-state index contributed by atoms with van der Waals surface area (Å²) in [5.74, 6) is -0.121. The van der Waals surface area contributed by atoms with Gasteiger partial charge in [0.15, 0.2) is 0 Å². The highest BCUT2D eigenvalue weighted by molar-refractivity contribution is 6.12. The van der Waals surface area contributed by atoms with Crippen LogP contribution in [0.5, 0.6) is 0 Å². The first-order valence-corrected chi connectivity index (χ1v) is 11.0. The number of amides is 3. The highest BCUT2D eigenvalue weighted by Gasteiger charge is 2.21. The molecule has 0 aliphatic heterocycles. The van der Waals surface area contributed by atoms with Gasteiger partial charge in [-0.15, -0.1) is 0 Å². The molecule has 0 aliphatic carbocycles. The number of carbonyl (C=O) groups excluding carboxylic acids is 2. The lowest BCUT2D eigenvalue weighted by atomic mass is 10.0. The molecule has 0 aliphatic rings. The maximum Gasteiger partial charge on any atom is 0.319 e. The monoisotopic (exact) mass is 440 g/mol. The molecule has 6 heteroatoms. The molecule has 0 saturated carbocycles. The summed E-state index contributed by atoms with van der Waals surface area (Å²) >= 11 is 0. The van der Waals surface area contributed by atoms with E-state index in [2.05, 4.69) is 20.5 Å². The van der Waals surface area contributed by atoms with E-state index >= 15 is 0 Å². The Bertz CT molecular complexity index is 1270. The van der Waals surface area contributed by atoms with Crippen molar-refractivity contribution in [2.75, 3.05) is 5.32 Å². The van der Waals surface area contributed by atoms with E-state index < -0.39 is 0 Å².